The largest absolute Gasteiger partial charge is 0.322 e. The number of fused-ring (bicyclic) bond motifs is 3. The molecule has 5 aromatic rings. The van der Waals surface area contributed by atoms with Gasteiger partial charge in [-0.2, -0.15) is 0 Å². The highest BCUT2D eigenvalue weighted by Gasteiger charge is 2.16. The molecule has 0 fully saturated rings. The van der Waals surface area contributed by atoms with Gasteiger partial charge in [0, 0.05) is 22.3 Å². The zero-order chi connectivity index (χ0) is 24.0. The Bertz CT molecular complexity index is 1610. The van der Waals surface area contributed by atoms with Gasteiger partial charge in [0.15, 0.2) is 0 Å². The van der Waals surface area contributed by atoms with E-state index in [1.54, 1.807) is 24.3 Å². The van der Waals surface area contributed by atoms with Gasteiger partial charge in [0.05, 0.1) is 11.2 Å². The van der Waals surface area contributed by atoms with Gasteiger partial charge in [0.2, 0.25) is 0 Å². The van der Waals surface area contributed by atoms with Crippen LogP contribution < -0.4 is 10.9 Å². The molecule has 5 rings (SSSR count). The minimum absolute atomic E-state index is 0.174. The van der Waals surface area contributed by atoms with Crippen LogP contribution in [0.1, 0.15) is 46.9 Å². The molecule has 0 aliphatic carbocycles. The Morgan fingerprint density at radius 3 is 2.56 bits per heavy atom. The number of carbonyl (C=O) groups is 1. The Morgan fingerprint density at radius 2 is 1.82 bits per heavy atom. The quantitative estimate of drug-likeness (QED) is 0.352. The van der Waals surface area contributed by atoms with Gasteiger partial charge in [-0.15, -0.1) is 11.3 Å². The number of nitrogens with one attached hydrogen (secondary N) is 1. The molecule has 7 heteroatoms. The van der Waals surface area contributed by atoms with Crippen molar-refractivity contribution in [1.82, 2.24) is 14.5 Å². The van der Waals surface area contributed by atoms with Gasteiger partial charge in [0.25, 0.3) is 11.5 Å². The van der Waals surface area contributed by atoms with Crippen LogP contribution in [-0.2, 0) is 0 Å². The fourth-order valence-electron chi connectivity index (χ4n) is 4.10. The molecule has 0 saturated heterocycles. The lowest BCUT2D eigenvalue weighted by Crippen LogP contribution is -2.19. The third kappa shape index (κ3) is 3.88. The summed E-state index contributed by atoms with van der Waals surface area (Å²) in [5, 5.41) is 3.85. The van der Waals surface area contributed by atoms with Gasteiger partial charge < -0.3 is 5.32 Å². The molecule has 0 atom stereocenters. The molecule has 0 saturated carbocycles. The number of pyridine rings is 1. The molecule has 0 unspecified atom stereocenters. The second-order valence-electron chi connectivity index (χ2n) is 8.74. The van der Waals surface area contributed by atoms with Gasteiger partial charge in [-0.25, -0.2) is 9.97 Å². The van der Waals surface area contributed by atoms with Gasteiger partial charge in [-0.3, -0.25) is 14.2 Å². The maximum atomic E-state index is 13.4. The van der Waals surface area contributed by atoms with E-state index < -0.39 is 0 Å². The number of aromatic nitrogens is 3. The van der Waals surface area contributed by atoms with E-state index in [-0.39, 0.29) is 11.5 Å². The predicted molar refractivity (Wildman–Crippen MR) is 138 cm³/mol. The molecule has 0 spiro atoms. The highest BCUT2D eigenvalue weighted by molar-refractivity contribution is 7.25. The number of hydrogen-bond acceptors (Lipinski definition) is 5. The predicted octanol–water partition coefficient (Wildman–Crippen LogP) is 5.99. The number of rotatable bonds is 4. The van der Waals surface area contributed by atoms with Crippen LogP contribution >= 0.6 is 11.3 Å². The fraction of sp³-hybridized carbons (Fsp3) is 0.185. The van der Waals surface area contributed by atoms with E-state index in [4.69, 9.17) is 0 Å². The summed E-state index contributed by atoms with van der Waals surface area (Å²) in [5.74, 6) is 0.189. The van der Waals surface area contributed by atoms with E-state index >= 15 is 0 Å². The van der Waals surface area contributed by atoms with Gasteiger partial charge in [-0.05, 0) is 67.3 Å². The van der Waals surface area contributed by atoms with Gasteiger partial charge >= 0.3 is 0 Å². The number of carbonyl (C=O) groups excluding carboxylic acids is 1. The summed E-state index contributed by atoms with van der Waals surface area (Å²) in [7, 11) is 0. The molecule has 2 aromatic carbocycles. The van der Waals surface area contributed by atoms with E-state index in [0.29, 0.717) is 27.4 Å². The number of hydrogen-bond donors (Lipinski definition) is 1. The highest BCUT2D eigenvalue weighted by Crippen LogP contribution is 2.32. The molecule has 0 bridgehead atoms. The number of amides is 1. The van der Waals surface area contributed by atoms with Crippen LogP contribution in [0, 0.1) is 13.8 Å². The van der Waals surface area contributed by atoms with Crippen LogP contribution in [0.5, 0.6) is 0 Å². The van der Waals surface area contributed by atoms with Crippen molar-refractivity contribution in [1.29, 1.82) is 0 Å². The number of thiophene rings is 1. The second kappa shape index (κ2) is 8.50. The number of benzene rings is 2. The summed E-state index contributed by atoms with van der Waals surface area (Å²) in [4.78, 5) is 36.2. The standard InChI is InChI=1S/C27H24N4O2S/c1-15(2)18-8-10-20(11-9-18)30-25(32)19-6-5-7-21(13-19)31-14-28-23-22-16(3)12-17(4)29-26(22)34-24(23)27(31)33/h5-15H,1-4H3,(H,30,32). The minimum atomic E-state index is -0.238. The number of nitrogens with zero attached hydrogens (tertiary/aromatic N) is 3. The number of aryl methyl sites for hydroxylation is 2. The first-order chi connectivity index (χ1) is 16.3. The van der Waals surface area contributed by atoms with E-state index in [2.05, 4.69) is 29.1 Å². The molecule has 1 N–H and O–H groups in total. The molecular weight excluding hydrogens is 444 g/mol. The fourth-order valence-corrected chi connectivity index (χ4v) is 5.28. The van der Waals surface area contributed by atoms with Crippen LogP contribution in [0.4, 0.5) is 5.69 Å². The van der Waals surface area contributed by atoms with Crippen molar-refractivity contribution < 1.29 is 4.79 Å². The molecule has 6 nitrogen and oxygen atoms in total. The van der Waals surface area contributed by atoms with Crippen molar-refractivity contribution in [2.24, 2.45) is 0 Å². The average molecular weight is 469 g/mol. The summed E-state index contributed by atoms with van der Waals surface area (Å²) < 4.78 is 2.03. The van der Waals surface area contributed by atoms with Crippen molar-refractivity contribution in [2.75, 3.05) is 5.32 Å². The Labute approximate surface area is 200 Å². The SMILES string of the molecule is Cc1cc(C)c2c(n1)sc1c(=O)n(-c3cccc(C(=O)Nc4ccc(C(C)C)cc4)c3)cnc12. The molecule has 0 aliphatic rings. The van der Waals surface area contributed by atoms with Gasteiger partial charge in [0.1, 0.15) is 15.9 Å². The minimum Gasteiger partial charge on any atom is -0.322 e. The molecule has 0 aliphatic heterocycles. The third-order valence-corrected chi connectivity index (χ3v) is 6.96. The lowest BCUT2D eigenvalue weighted by Gasteiger charge is -2.10. The second-order valence-corrected chi connectivity index (χ2v) is 9.74. The maximum Gasteiger partial charge on any atom is 0.275 e. The van der Waals surface area contributed by atoms with Crippen LogP contribution in [0.15, 0.2) is 65.7 Å². The highest BCUT2D eigenvalue weighted by atomic mass is 32.1. The molecule has 3 heterocycles. The first-order valence-corrected chi connectivity index (χ1v) is 11.9. The first-order valence-electron chi connectivity index (χ1n) is 11.1. The normalized spacial score (nSPS) is 11.4. The van der Waals surface area contributed by atoms with Crippen molar-refractivity contribution >= 4 is 43.4 Å². The average Bonchev–Trinajstić information content (AvgIpc) is 3.19. The lowest BCUT2D eigenvalue weighted by molar-refractivity contribution is 0.102. The summed E-state index contributed by atoms with van der Waals surface area (Å²) in [6.45, 7) is 8.21. The van der Waals surface area contributed by atoms with Crippen molar-refractivity contribution in [3.8, 4) is 5.69 Å². The molecule has 34 heavy (non-hydrogen) atoms. The molecule has 0 radical (unpaired) electrons. The lowest BCUT2D eigenvalue weighted by atomic mass is 10.0. The number of anilines is 1. The molecule has 3 aromatic heterocycles. The summed E-state index contributed by atoms with van der Waals surface area (Å²) in [6, 6.07) is 16.8. The van der Waals surface area contributed by atoms with Crippen molar-refractivity contribution in [2.45, 2.75) is 33.6 Å². The molecular formula is C27H24N4O2S. The maximum absolute atomic E-state index is 13.4. The van der Waals surface area contributed by atoms with Crippen molar-refractivity contribution in [3.63, 3.8) is 0 Å². The summed E-state index contributed by atoms with van der Waals surface area (Å²) in [6.07, 6.45) is 1.53. The Morgan fingerprint density at radius 1 is 1.06 bits per heavy atom. The van der Waals surface area contributed by atoms with Crippen LogP contribution in [0.3, 0.4) is 0 Å². The molecule has 1 amide bonds. The summed E-state index contributed by atoms with van der Waals surface area (Å²) >= 11 is 1.35. The van der Waals surface area contributed by atoms with Gasteiger partial charge in [-0.1, -0.05) is 32.0 Å². The van der Waals surface area contributed by atoms with Crippen molar-refractivity contribution in [3.05, 3.63) is 93.7 Å². The van der Waals surface area contributed by atoms with E-state index in [9.17, 15) is 9.59 Å². The van der Waals surface area contributed by atoms with E-state index in [1.165, 1.54) is 27.8 Å². The van der Waals surface area contributed by atoms with Crippen LogP contribution in [0.2, 0.25) is 0 Å². The smallest absolute Gasteiger partial charge is 0.275 e. The summed E-state index contributed by atoms with van der Waals surface area (Å²) in [5.41, 5.74) is 5.44. The zero-order valence-electron chi connectivity index (χ0n) is 19.4. The van der Waals surface area contributed by atoms with Crippen LogP contribution in [-0.4, -0.2) is 20.4 Å². The Kier molecular flexibility index (Phi) is 5.49. The zero-order valence-corrected chi connectivity index (χ0v) is 20.2. The Hall–Kier alpha value is -3.84. The van der Waals surface area contributed by atoms with E-state index in [0.717, 1.165) is 27.2 Å². The molecule has 170 valence electrons. The van der Waals surface area contributed by atoms with Crippen LogP contribution in [0.25, 0.3) is 26.1 Å². The topological polar surface area (TPSA) is 76.9 Å². The van der Waals surface area contributed by atoms with E-state index in [1.807, 2.05) is 44.2 Å². The monoisotopic (exact) mass is 468 g/mol. The Balaban J connectivity index is 1.50. The first kappa shape index (κ1) is 22.0. The third-order valence-electron chi connectivity index (χ3n) is 5.90.